The van der Waals surface area contributed by atoms with E-state index in [0.29, 0.717) is 0 Å². The zero-order valence-corrected chi connectivity index (χ0v) is 22.9. The summed E-state index contributed by atoms with van der Waals surface area (Å²) in [6, 6.07) is -1.09. The lowest BCUT2D eigenvalue weighted by Gasteiger charge is -2.57. The van der Waals surface area contributed by atoms with Gasteiger partial charge in [0.2, 0.25) is 5.91 Å². The number of piperidine rings is 2. The Balaban J connectivity index is 2.53. The fraction of sp³-hybridized carbons (Fsp3) is 0.880. The number of ketones is 2. The molecule has 2 fully saturated rings. The van der Waals surface area contributed by atoms with Crippen molar-refractivity contribution in [2.75, 3.05) is 6.61 Å². The topological polar surface area (TPSA) is 156 Å². The normalized spacial score (nSPS) is 27.6. The number of aliphatic hydroxyl groups is 1. The number of carbonyl (C=O) groups is 3. The largest absolute Gasteiger partial charge is 0.394 e. The summed E-state index contributed by atoms with van der Waals surface area (Å²) in [5.74, 6) is -1.21. The van der Waals surface area contributed by atoms with Crippen molar-refractivity contribution in [2.45, 2.75) is 128 Å². The van der Waals surface area contributed by atoms with Gasteiger partial charge in [-0.25, -0.2) is 0 Å². The maximum Gasteiger partial charge on any atom is 0.227 e. The Morgan fingerprint density at radius 3 is 1.54 bits per heavy atom. The lowest BCUT2D eigenvalue weighted by atomic mass is 9.59. The summed E-state index contributed by atoms with van der Waals surface area (Å²) in [7, 11) is 0. The third kappa shape index (κ3) is 5.62. The molecule has 1 atom stereocenters. The van der Waals surface area contributed by atoms with Crippen molar-refractivity contribution in [2.24, 2.45) is 11.1 Å². The number of rotatable bonds is 7. The van der Waals surface area contributed by atoms with Gasteiger partial charge >= 0.3 is 0 Å². The first-order chi connectivity index (χ1) is 15.6. The molecule has 202 valence electrons. The number of nitrogens with zero attached hydrogens (tertiary/aromatic N) is 2. The Morgan fingerprint density at radius 2 is 1.20 bits per heavy atom. The number of carbonyl (C=O) groups excluding carboxylic acids is 3. The second-order valence-corrected chi connectivity index (χ2v) is 13.4. The summed E-state index contributed by atoms with van der Waals surface area (Å²) in [5, 5.41) is 36.3. The smallest absolute Gasteiger partial charge is 0.227 e. The molecule has 10 nitrogen and oxygen atoms in total. The molecule has 35 heavy (non-hydrogen) atoms. The maximum absolute atomic E-state index is 14.0. The van der Waals surface area contributed by atoms with Gasteiger partial charge in [-0.05, 0) is 88.0 Å². The van der Waals surface area contributed by atoms with Gasteiger partial charge in [0.15, 0.2) is 11.6 Å². The number of hydroxylamine groups is 4. The SMILES string of the molecule is CC(=O)C(CO)NC(=O)C1(CC(=O)C2(N)CC(C)(C)N(O)C(C)(C)C2)CC(C)(C)N(O)C(C)(C)C1. The molecule has 2 heterocycles. The highest BCUT2D eigenvalue weighted by Crippen LogP contribution is 2.51. The molecule has 6 N–H and O–H groups in total. The summed E-state index contributed by atoms with van der Waals surface area (Å²) in [6.45, 7) is 15.2. The minimum atomic E-state index is -1.29. The third-order valence-corrected chi connectivity index (χ3v) is 7.85. The van der Waals surface area contributed by atoms with Gasteiger partial charge in [-0.15, -0.1) is 0 Å². The number of Topliss-reactive ketones (excluding diaryl/α,β-unsaturated/α-hetero) is 2. The lowest BCUT2D eigenvalue weighted by Crippen LogP contribution is -2.70. The quantitative estimate of drug-likeness (QED) is 0.353. The predicted octanol–water partition coefficient (Wildman–Crippen LogP) is 1.78. The standard InChI is InChI=1S/C25H46N4O6/c1-16(31)17(11-30)27-19(33)24(12-20(2,3)28(34)21(4,5)13-24)10-18(32)25(26)14-22(6,7)29(35)23(8,9)15-25/h17,30,34-35H,10-15,26H2,1-9H3,(H,27,33). The molecule has 1 amide bonds. The zero-order chi connectivity index (χ0) is 27.4. The third-order valence-electron chi connectivity index (χ3n) is 7.85. The Bertz CT molecular complexity index is 830. The van der Waals surface area contributed by atoms with Gasteiger partial charge in [-0.3, -0.25) is 14.4 Å². The lowest BCUT2D eigenvalue weighted by molar-refractivity contribution is -0.263. The molecule has 0 radical (unpaired) electrons. The average molecular weight is 499 g/mol. The molecule has 2 rings (SSSR count). The molecule has 0 aromatic heterocycles. The van der Waals surface area contributed by atoms with Crippen LogP contribution in [0.25, 0.3) is 0 Å². The van der Waals surface area contributed by atoms with Crippen LogP contribution in [0.5, 0.6) is 0 Å². The Labute approximate surface area is 209 Å². The zero-order valence-electron chi connectivity index (χ0n) is 22.9. The summed E-state index contributed by atoms with van der Waals surface area (Å²) in [5.41, 5.74) is 0.923. The molecule has 0 aromatic rings. The number of amides is 1. The number of hydrogen-bond donors (Lipinski definition) is 5. The van der Waals surface area contributed by atoms with Crippen molar-refractivity contribution in [3.8, 4) is 0 Å². The van der Waals surface area contributed by atoms with Gasteiger partial charge in [0.05, 0.1) is 17.6 Å². The van der Waals surface area contributed by atoms with Crippen molar-refractivity contribution in [3.05, 3.63) is 0 Å². The Morgan fingerprint density at radius 1 is 0.829 bits per heavy atom. The van der Waals surface area contributed by atoms with Crippen LogP contribution in [-0.2, 0) is 14.4 Å². The van der Waals surface area contributed by atoms with E-state index in [-0.39, 0.29) is 37.9 Å². The number of aliphatic hydroxyl groups excluding tert-OH is 1. The summed E-state index contributed by atoms with van der Waals surface area (Å²) < 4.78 is 0. The Kier molecular flexibility index (Phi) is 7.79. The van der Waals surface area contributed by atoms with Crippen molar-refractivity contribution in [1.29, 1.82) is 0 Å². The number of nitrogens with one attached hydrogen (secondary N) is 1. The molecule has 2 aliphatic heterocycles. The molecule has 0 saturated carbocycles. The van der Waals surface area contributed by atoms with Crippen LogP contribution in [0.15, 0.2) is 0 Å². The van der Waals surface area contributed by atoms with Crippen molar-refractivity contribution >= 4 is 17.5 Å². The molecule has 0 aromatic carbocycles. The molecular weight excluding hydrogens is 452 g/mol. The molecule has 1 unspecified atom stereocenters. The first kappa shape index (κ1) is 29.8. The summed E-state index contributed by atoms with van der Waals surface area (Å²) >= 11 is 0. The van der Waals surface area contributed by atoms with Crippen LogP contribution in [0.1, 0.15) is 94.4 Å². The van der Waals surface area contributed by atoms with E-state index in [2.05, 4.69) is 5.32 Å². The second kappa shape index (κ2) is 9.15. The molecule has 0 bridgehead atoms. The highest BCUT2D eigenvalue weighted by molar-refractivity contribution is 5.96. The highest BCUT2D eigenvalue weighted by Gasteiger charge is 2.60. The highest BCUT2D eigenvalue weighted by atomic mass is 16.5. The Hall–Kier alpha value is -1.43. The predicted molar refractivity (Wildman–Crippen MR) is 131 cm³/mol. The number of hydrogen-bond acceptors (Lipinski definition) is 9. The van der Waals surface area contributed by atoms with E-state index in [1.54, 1.807) is 27.7 Å². The minimum Gasteiger partial charge on any atom is -0.394 e. The van der Waals surface area contributed by atoms with Crippen LogP contribution in [0.4, 0.5) is 0 Å². The summed E-state index contributed by atoms with van der Waals surface area (Å²) in [4.78, 5) is 39.7. The van der Waals surface area contributed by atoms with Crippen LogP contribution in [-0.4, -0.2) is 83.5 Å². The van der Waals surface area contributed by atoms with Gasteiger partial charge in [0, 0.05) is 28.6 Å². The van der Waals surface area contributed by atoms with E-state index in [1.807, 2.05) is 27.7 Å². The van der Waals surface area contributed by atoms with E-state index in [0.717, 1.165) is 0 Å². The van der Waals surface area contributed by atoms with E-state index in [4.69, 9.17) is 5.73 Å². The number of nitrogens with two attached hydrogens (primary N) is 1. The van der Waals surface area contributed by atoms with E-state index in [9.17, 15) is 29.9 Å². The second-order valence-electron chi connectivity index (χ2n) is 13.4. The molecular formula is C25H46N4O6. The molecule has 0 spiro atoms. The molecule has 0 aliphatic carbocycles. The van der Waals surface area contributed by atoms with Gasteiger partial charge in [-0.2, -0.15) is 10.1 Å². The minimum absolute atomic E-state index is 0.141. The van der Waals surface area contributed by atoms with E-state index >= 15 is 0 Å². The van der Waals surface area contributed by atoms with Crippen LogP contribution in [0.3, 0.4) is 0 Å². The fourth-order valence-corrected chi connectivity index (χ4v) is 6.90. The van der Waals surface area contributed by atoms with Gasteiger partial charge in [0.1, 0.15) is 6.04 Å². The first-order valence-corrected chi connectivity index (χ1v) is 12.3. The van der Waals surface area contributed by atoms with Crippen LogP contribution < -0.4 is 11.1 Å². The van der Waals surface area contributed by atoms with Gasteiger partial charge in [-0.1, -0.05) is 0 Å². The fourth-order valence-electron chi connectivity index (χ4n) is 6.90. The molecule has 2 aliphatic rings. The van der Waals surface area contributed by atoms with E-state index in [1.165, 1.54) is 17.1 Å². The average Bonchev–Trinajstić information content (AvgIpc) is 2.66. The van der Waals surface area contributed by atoms with Crippen molar-refractivity contribution in [3.63, 3.8) is 0 Å². The van der Waals surface area contributed by atoms with Crippen molar-refractivity contribution < 1.29 is 29.9 Å². The van der Waals surface area contributed by atoms with Crippen LogP contribution in [0.2, 0.25) is 0 Å². The summed E-state index contributed by atoms with van der Waals surface area (Å²) in [6.07, 6.45) is 0.485. The first-order valence-electron chi connectivity index (χ1n) is 12.3. The molecule has 2 saturated heterocycles. The van der Waals surface area contributed by atoms with Crippen molar-refractivity contribution in [1.82, 2.24) is 15.4 Å². The maximum atomic E-state index is 14.0. The van der Waals surface area contributed by atoms with Gasteiger partial charge in [0.25, 0.3) is 0 Å². The monoisotopic (exact) mass is 498 g/mol. The van der Waals surface area contributed by atoms with Crippen LogP contribution in [0, 0.1) is 5.41 Å². The van der Waals surface area contributed by atoms with Crippen LogP contribution >= 0.6 is 0 Å². The van der Waals surface area contributed by atoms with E-state index < -0.39 is 57.4 Å². The van der Waals surface area contributed by atoms with Gasteiger partial charge < -0.3 is 26.6 Å². The molecule has 10 heteroatoms.